The van der Waals surface area contributed by atoms with Crippen molar-refractivity contribution < 1.29 is 18.9 Å². The fourth-order valence-electron chi connectivity index (χ4n) is 3.35. The van der Waals surface area contributed by atoms with Crippen molar-refractivity contribution in [3.8, 4) is 0 Å². The lowest BCUT2D eigenvalue weighted by Gasteiger charge is -2.32. The number of hydrogen-bond acceptors (Lipinski definition) is 5. The first kappa shape index (κ1) is 20.2. The van der Waals surface area contributed by atoms with Gasteiger partial charge in [0.1, 0.15) is 0 Å². The van der Waals surface area contributed by atoms with Gasteiger partial charge in [0.25, 0.3) is 0 Å². The van der Waals surface area contributed by atoms with Gasteiger partial charge in [0.2, 0.25) is 0 Å². The summed E-state index contributed by atoms with van der Waals surface area (Å²) < 4.78 is 12.4. The molecule has 0 unspecified atom stereocenters. The fraction of sp³-hybridized carbons (Fsp3) is 0.789. The molecule has 3 rings (SSSR count). The van der Waals surface area contributed by atoms with E-state index in [9.17, 15) is 4.79 Å². The third-order valence-electron chi connectivity index (χ3n) is 5.72. The Bertz CT molecular complexity index is 686. The lowest BCUT2D eigenvalue weighted by molar-refractivity contribution is 0.00578. The van der Waals surface area contributed by atoms with Gasteiger partial charge in [-0.05, 0) is 47.0 Å². The minimum atomic E-state index is -0.549. The first-order chi connectivity index (χ1) is 12.4. The number of hydrogen-bond donors (Lipinski definition) is 0. The molecule has 2 aliphatic rings. The molecule has 0 N–H and O–H groups in total. The molecule has 3 heterocycles. The van der Waals surface area contributed by atoms with Crippen LogP contribution in [0.4, 0.5) is 4.79 Å². The number of rotatable bonds is 2. The number of aromatic nitrogens is 2. The van der Waals surface area contributed by atoms with Crippen molar-refractivity contribution in [2.24, 2.45) is 0 Å². The van der Waals surface area contributed by atoms with Gasteiger partial charge < -0.3 is 14.2 Å². The highest BCUT2D eigenvalue weighted by Gasteiger charge is 2.53. The second-order valence-electron chi connectivity index (χ2n) is 9.58. The lowest BCUT2D eigenvalue weighted by Crippen LogP contribution is -2.41. The molecule has 2 fully saturated rings. The summed E-state index contributed by atoms with van der Waals surface area (Å²) in [6.45, 7) is 15.7. The van der Waals surface area contributed by atoms with Gasteiger partial charge in [0.15, 0.2) is 0 Å². The van der Waals surface area contributed by atoms with Crippen LogP contribution in [0.25, 0.3) is 0 Å². The monoisotopic (exact) mass is 377 g/mol. The van der Waals surface area contributed by atoms with Gasteiger partial charge in [-0.2, -0.15) is 0 Å². The van der Waals surface area contributed by atoms with Crippen molar-refractivity contribution >= 4 is 18.7 Å². The van der Waals surface area contributed by atoms with Gasteiger partial charge in [0, 0.05) is 24.0 Å². The summed E-state index contributed by atoms with van der Waals surface area (Å²) in [6.07, 6.45) is 4.54. The highest BCUT2D eigenvalue weighted by Crippen LogP contribution is 2.37. The Morgan fingerprint density at radius 2 is 1.67 bits per heavy atom. The Morgan fingerprint density at radius 3 is 2.19 bits per heavy atom. The molecule has 27 heavy (non-hydrogen) atoms. The minimum absolute atomic E-state index is 0.248. The van der Waals surface area contributed by atoms with Crippen LogP contribution in [0, 0.1) is 0 Å². The third kappa shape index (κ3) is 4.01. The highest BCUT2D eigenvalue weighted by atomic mass is 16.7. The number of carbonyl (C=O) groups excluding carboxylic acids is 1. The van der Waals surface area contributed by atoms with Crippen molar-refractivity contribution in [1.29, 1.82) is 0 Å². The molecule has 0 aliphatic carbocycles. The van der Waals surface area contributed by atoms with Gasteiger partial charge in [-0.3, -0.25) is 4.84 Å². The highest BCUT2D eigenvalue weighted by molar-refractivity contribution is 6.62. The number of carbonyl (C=O) groups is 1. The molecule has 0 saturated carbocycles. The minimum Gasteiger partial charge on any atom is -0.399 e. The molecular weight excluding hydrogens is 345 g/mol. The first-order valence-electron chi connectivity index (χ1n) is 9.84. The van der Waals surface area contributed by atoms with Gasteiger partial charge in [-0.1, -0.05) is 25.6 Å². The standard InChI is InChI=1S/C19H32BN3O4/c1-17(2,3)15-14(20-26-18(4,5)19(6,7)27-20)13-23(21-15)25-16(24)22-11-9-8-10-12-22/h13H,8-12H2,1-7H3. The van der Waals surface area contributed by atoms with Crippen LogP contribution in [-0.2, 0) is 14.7 Å². The van der Waals surface area contributed by atoms with Crippen LogP contribution in [0.2, 0.25) is 0 Å². The summed E-state index contributed by atoms with van der Waals surface area (Å²) in [5.41, 5.74) is 0.459. The Balaban J connectivity index is 1.85. The SMILES string of the molecule is CC(C)(C)c1nn(OC(=O)N2CCCCC2)cc1B1OC(C)(C)C(C)(C)O1. The Morgan fingerprint density at radius 1 is 1.11 bits per heavy atom. The van der Waals surface area contributed by atoms with E-state index in [1.807, 2.05) is 27.7 Å². The molecule has 150 valence electrons. The normalized spacial score (nSPS) is 22.2. The zero-order chi connectivity index (χ0) is 20.0. The van der Waals surface area contributed by atoms with Gasteiger partial charge in [-0.25, -0.2) is 4.79 Å². The molecular formula is C19H32BN3O4. The maximum Gasteiger partial charge on any atom is 0.498 e. The largest absolute Gasteiger partial charge is 0.498 e. The summed E-state index contributed by atoms with van der Waals surface area (Å²) in [5.74, 6) is 0. The number of piperidine rings is 1. The van der Waals surface area contributed by atoms with E-state index < -0.39 is 18.3 Å². The number of amides is 1. The van der Waals surface area contributed by atoms with E-state index in [0.717, 1.165) is 43.5 Å². The molecule has 1 amide bonds. The summed E-state index contributed by atoms with van der Waals surface area (Å²) in [4.78, 5) is 21.0. The first-order valence-corrected chi connectivity index (χ1v) is 9.84. The molecule has 0 bridgehead atoms. The molecule has 0 atom stereocenters. The number of likely N-dealkylation sites (tertiary alicyclic amines) is 1. The molecule has 8 heteroatoms. The molecule has 2 saturated heterocycles. The Labute approximate surface area is 162 Å². The Kier molecular flexibility index (Phi) is 5.10. The van der Waals surface area contributed by atoms with Crippen LogP contribution in [-0.4, -0.2) is 52.3 Å². The molecule has 0 radical (unpaired) electrons. The quantitative estimate of drug-likeness (QED) is 0.741. The van der Waals surface area contributed by atoms with E-state index in [1.54, 1.807) is 11.1 Å². The average Bonchev–Trinajstić information content (AvgIpc) is 3.07. The van der Waals surface area contributed by atoms with Crippen molar-refractivity contribution in [3.05, 3.63) is 11.9 Å². The van der Waals surface area contributed by atoms with Crippen LogP contribution < -0.4 is 10.3 Å². The molecule has 2 aliphatic heterocycles. The predicted octanol–water partition coefficient (Wildman–Crippen LogP) is 2.51. The average molecular weight is 377 g/mol. The summed E-state index contributed by atoms with van der Waals surface area (Å²) in [5, 5.41) is 4.54. The van der Waals surface area contributed by atoms with Gasteiger partial charge in [0.05, 0.1) is 23.1 Å². The van der Waals surface area contributed by atoms with E-state index >= 15 is 0 Å². The number of nitrogens with zero attached hydrogens (tertiary/aromatic N) is 3. The zero-order valence-electron chi connectivity index (χ0n) is 17.7. The van der Waals surface area contributed by atoms with E-state index in [-0.39, 0.29) is 11.5 Å². The van der Waals surface area contributed by atoms with Crippen LogP contribution in [0.5, 0.6) is 0 Å². The van der Waals surface area contributed by atoms with Crippen LogP contribution in [0.1, 0.15) is 73.4 Å². The van der Waals surface area contributed by atoms with Crippen LogP contribution in [0.15, 0.2) is 6.20 Å². The van der Waals surface area contributed by atoms with Crippen molar-refractivity contribution in [1.82, 2.24) is 14.8 Å². The maximum absolute atomic E-state index is 12.4. The molecule has 1 aromatic heterocycles. The van der Waals surface area contributed by atoms with E-state index in [0.29, 0.717) is 0 Å². The van der Waals surface area contributed by atoms with E-state index in [4.69, 9.17) is 14.1 Å². The fourth-order valence-corrected chi connectivity index (χ4v) is 3.35. The summed E-state index contributed by atoms with van der Waals surface area (Å²) in [7, 11) is -0.549. The predicted molar refractivity (Wildman–Crippen MR) is 104 cm³/mol. The second kappa shape index (κ2) is 6.81. The van der Waals surface area contributed by atoms with Gasteiger partial charge >= 0.3 is 13.2 Å². The smallest absolute Gasteiger partial charge is 0.399 e. The van der Waals surface area contributed by atoms with Crippen molar-refractivity contribution in [2.75, 3.05) is 13.1 Å². The van der Waals surface area contributed by atoms with Crippen molar-refractivity contribution in [2.45, 2.75) is 84.3 Å². The Hall–Kier alpha value is -1.54. The van der Waals surface area contributed by atoms with Gasteiger partial charge in [-0.15, -0.1) is 5.10 Å². The van der Waals surface area contributed by atoms with E-state index in [2.05, 4.69) is 25.9 Å². The second-order valence-corrected chi connectivity index (χ2v) is 9.58. The topological polar surface area (TPSA) is 65.8 Å². The lowest BCUT2D eigenvalue weighted by atomic mass is 9.74. The van der Waals surface area contributed by atoms with Crippen LogP contribution in [0.3, 0.4) is 0 Å². The molecule has 1 aromatic rings. The van der Waals surface area contributed by atoms with E-state index in [1.165, 1.54) is 4.85 Å². The maximum atomic E-state index is 12.4. The van der Waals surface area contributed by atoms with Crippen molar-refractivity contribution in [3.63, 3.8) is 0 Å². The van der Waals surface area contributed by atoms with Crippen LogP contribution >= 0.6 is 0 Å². The third-order valence-corrected chi connectivity index (χ3v) is 5.72. The molecule has 0 spiro atoms. The summed E-state index contributed by atoms with van der Waals surface area (Å²) >= 11 is 0. The molecule has 7 nitrogen and oxygen atoms in total. The zero-order valence-corrected chi connectivity index (χ0v) is 17.7. The molecule has 0 aromatic carbocycles. The summed E-state index contributed by atoms with van der Waals surface area (Å²) in [6, 6.07) is 0.